The van der Waals surface area contributed by atoms with E-state index < -0.39 is 5.60 Å². The molecule has 2 amide bonds. The van der Waals surface area contributed by atoms with Gasteiger partial charge in [-0.1, -0.05) is 11.6 Å². The van der Waals surface area contributed by atoms with Crippen LogP contribution in [-0.4, -0.2) is 53.6 Å². The van der Waals surface area contributed by atoms with Crippen LogP contribution in [-0.2, 0) is 4.74 Å². The number of amides is 2. The number of hydrogen-bond acceptors (Lipinski definition) is 4. The van der Waals surface area contributed by atoms with Crippen molar-refractivity contribution in [1.82, 2.24) is 9.80 Å². The van der Waals surface area contributed by atoms with Gasteiger partial charge in [0.15, 0.2) is 0 Å². The number of carbonyl (C=O) groups excluding carboxylic acids is 2. The minimum Gasteiger partial charge on any atom is -0.444 e. The monoisotopic (exact) mass is 339 g/mol. The van der Waals surface area contributed by atoms with Crippen molar-refractivity contribution in [2.75, 3.05) is 31.9 Å². The summed E-state index contributed by atoms with van der Waals surface area (Å²) in [6, 6.07) is 4.84. The molecule has 0 atom stereocenters. The van der Waals surface area contributed by atoms with Crippen molar-refractivity contribution >= 4 is 29.3 Å². The molecule has 6 nitrogen and oxygen atoms in total. The van der Waals surface area contributed by atoms with E-state index in [0.717, 1.165) is 0 Å². The summed E-state index contributed by atoms with van der Waals surface area (Å²) in [5, 5.41) is 0.338. The van der Waals surface area contributed by atoms with Crippen molar-refractivity contribution in [2.45, 2.75) is 26.4 Å². The maximum Gasteiger partial charge on any atom is 0.410 e. The van der Waals surface area contributed by atoms with Crippen molar-refractivity contribution in [3.8, 4) is 0 Å². The van der Waals surface area contributed by atoms with Crippen molar-refractivity contribution in [3.05, 3.63) is 28.8 Å². The zero-order chi connectivity index (χ0) is 17.2. The third kappa shape index (κ3) is 4.51. The van der Waals surface area contributed by atoms with Crippen molar-refractivity contribution < 1.29 is 14.3 Å². The Balaban J connectivity index is 1.96. The van der Waals surface area contributed by atoms with Crippen LogP contribution in [0.4, 0.5) is 10.5 Å². The summed E-state index contributed by atoms with van der Waals surface area (Å²) in [5.41, 5.74) is 6.05. The molecule has 0 spiro atoms. The molecule has 0 bridgehead atoms. The molecule has 0 aliphatic carbocycles. The Hall–Kier alpha value is -1.95. The van der Waals surface area contributed by atoms with Gasteiger partial charge in [-0.3, -0.25) is 4.79 Å². The fraction of sp³-hybridized carbons (Fsp3) is 0.500. The van der Waals surface area contributed by atoms with Gasteiger partial charge in [-0.05, 0) is 39.0 Å². The molecule has 23 heavy (non-hydrogen) atoms. The van der Waals surface area contributed by atoms with Crippen molar-refractivity contribution in [2.24, 2.45) is 0 Å². The Kier molecular flexibility index (Phi) is 5.04. The summed E-state index contributed by atoms with van der Waals surface area (Å²) in [4.78, 5) is 27.8. The van der Waals surface area contributed by atoms with E-state index in [9.17, 15) is 9.59 Å². The van der Waals surface area contributed by atoms with Gasteiger partial charge in [-0.2, -0.15) is 0 Å². The third-order valence-electron chi connectivity index (χ3n) is 3.44. The van der Waals surface area contributed by atoms with Gasteiger partial charge in [0.2, 0.25) is 0 Å². The highest BCUT2D eigenvalue weighted by molar-refractivity contribution is 6.34. The number of benzene rings is 1. The van der Waals surface area contributed by atoms with Gasteiger partial charge in [0, 0.05) is 31.9 Å². The zero-order valence-corrected chi connectivity index (χ0v) is 14.4. The van der Waals surface area contributed by atoms with E-state index in [2.05, 4.69) is 0 Å². The van der Waals surface area contributed by atoms with Crippen LogP contribution in [0.3, 0.4) is 0 Å². The number of anilines is 1. The molecule has 7 heteroatoms. The number of nitrogens with two attached hydrogens (primary N) is 1. The minimum atomic E-state index is -0.526. The highest BCUT2D eigenvalue weighted by Crippen LogP contribution is 2.21. The van der Waals surface area contributed by atoms with E-state index in [1.807, 2.05) is 20.8 Å². The molecule has 2 N–H and O–H groups in total. The van der Waals surface area contributed by atoms with Gasteiger partial charge in [-0.15, -0.1) is 0 Å². The Morgan fingerprint density at radius 3 is 2.22 bits per heavy atom. The number of rotatable bonds is 1. The summed E-state index contributed by atoms with van der Waals surface area (Å²) in [6.07, 6.45) is -0.352. The van der Waals surface area contributed by atoms with Crippen LogP contribution in [0, 0.1) is 0 Å². The zero-order valence-electron chi connectivity index (χ0n) is 13.6. The number of hydrogen-bond donors (Lipinski definition) is 1. The number of halogens is 1. The molecule has 0 saturated carbocycles. The van der Waals surface area contributed by atoms with Gasteiger partial charge in [-0.25, -0.2) is 4.79 Å². The minimum absolute atomic E-state index is 0.154. The largest absolute Gasteiger partial charge is 0.444 e. The predicted molar refractivity (Wildman–Crippen MR) is 89.6 cm³/mol. The lowest BCUT2D eigenvalue weighted by atomic mass is 10.1. The van der Waals surface area contributed by atoms with Gasteiger partial charge >= 0.3 is 6.09 Å². The van der Waals surface area contributed by atoms with Crippen LogP contribution in [0.15, 0.2) is 18.2 Å². The number of carbonyl (C=O) groups is 2. The molecular formula is C16H22ClN3O3. The second kappa shape index (κ2) is 6.66. The van der Waals surface area contributed by atoms with E-state index >= 15 is 0 Å². The predicted octanol–water partition coefficient (Wildman–Crippen LogP) is 2.62. The van der Waals surface area contributed by atoms with Gasteiger partial charge in [0.25, 0.3) is 5.91 Å². The maximum absolute atomic E-state index is 12.5. The fourth-order valence-corrected chi connectivity index (χ4v) is 2.56. The lowest BCUT2D eigenvalue weighted by molar-refractivity contribution is 0.0141. The molecule has 1 heterocycles. The number of nitrogen functional groups attached to an aromatic ring is 1. The number of ether oxygens (including phenoxy) is 1. The topological polar surface area (TPSA) is 75.9 Å². The van der Waals surface area contributed by atoms with E-state index in [1.165, 1.54) is 0 Å². The summed E-state index contributed by atoms with van der Waals surface area (Å²) >= 11 is 6.08. The second-order valence-electron chi connectivity index (χ2n) is 6.50. The lowest BCUT2D eigenvalue weighted by Crippen LogP contribution is -2.51. The molecule has 2 rings (SSSR count). The summed E-state index contributed by atoms with van der Waals surface area (Å²) < 4.78 is 5.34. The molecule has 1 aliphatic heterocycles. The van der Waals surface area contributed by atoms with E-state index in [4.69, 9.17) is 22.1 Å². The highest BCUT2D eigenvalue weighted by atomic mass is 35.5. The number of nitrogens with zero attached hydrogens (tertiary/aromatic N) is 2. The summed E-state index contributed by atoms with van der Waals surface area (Å²) in [5.74, 6) is -0.154. The van der Waals surface area contributed by atoms with E-state index in [0.29, 0.717) is 42.5 Å². The van der Waals surface area contributed by atoms with Crippen LogP contribution in [0.25, 0.3) is 0 Å². The van der Waals surface area contributed by atoms with Crippen molar-refractivity contribution in [3.63, 3.8) is 0 Å². The van der Waals surface area contributed by atoms with Crippen LogP contribution < -0.4 is 5.73 Å². The molecule has 0 aromatic heterocycles. The Morgan fingerprint density at radius 1 is 1.13 bits per heavy atom. The average molecular weight is 340 g/mol. The van der Waals surface area contributed by atoms with Crippen LogP contribution in [0.5, 0.6) is 0 Å². The Morgan fingerprint density at radius 2 is 1.70 bits per heavy atom. The molecule has 1 aromatic carbocycles. The molecule has 1 fully saturated rings. The molecule has 1 saturated heterocycles. The molecule has 1 aliphatic rings. The number of piperazine rings is 1. The van der Waals surface area contributed by atoms with Crippen LogP contribution in [0.1, 0.15) is 31.1 Å². The summed E-state index contributed by atoms with van der Waals surface area (Å²) in [6.45, 7) is 7.24. The van der Waals surface area contributed by atoms with Gasteiger partial charge in [0.05, 0.1) is 10.6 Å². The Bertz CT molecular complexity index is 605. The van der Waals surface area contributed by atoms with Gasteiger partial charge < -0.3 is 20.3 Å². The average Bonchev–Trinajstić information content (AvgIpc) is 2.45. The standard InChI is InChI=1S/C16H22ClN3O3/c1-16(2,3)23-15(22)20-8-6-19(7-9-20)14(21)12-5-4-11(18)10-13(12)17/h4-5,10H,6-9,18H2,1-3H3. The first-order valence-electron chi connectivity index (χ1n) is 7.49. The maximum atomic E-state index is 12.5. The van der Waals surface area contributed by atoms with E-state index in [1.54, 1.807) is 28.0 Å². The third-order valence-corrected chi connectivity index (χ3v) is 3.75. The Labute approximate surface area is 141 Å². The van der Waals surface area contributed by atoms with Crippen molar-refractivity contribution in [1.29, 1.82) is 0 Å². The second-order valence-corrected chi connectivity index (χ2v) is 6.91. The normalized spacial score (nSPS) is 15.5. The molecule has 0 radical (unpaired) electrons. The first-order valence-corrected chi connectivity index (χ1v) is 7.87. The van der Waals surface area contributed by atoms with Crippen LogP contribution in [0.2, 0.25) is 5.02 Å². The van der Waals surface area contributed by atoms with Gasteiger partial charge in [0.1, 0.15) is 5.60 Å². The van der Waals surface area contributed by atoms with Crippen LogP contribution >= 0.6 is 11.6 Å². The molecule has 126 valence electrons. The molecule has 1 aromatic rings. The molecular weight excluding hydrogens is 318 g/mol. The fourth-order valence-electron chi connectivity index (χ4n) is 2.29. The molecule has 0 unspecified atom stereocenters. The first-order chi connectivity index (χ1) is 10.7. The summed E-state index contributed by atoms with van der Waals surface area (Å²) in [7, 11) is 0. The SMILES string of the molecule is CC(C)(C)OC(=O)N1CCN(C(=O)c2ccc(N)cc2Cl)CC1. The highest BCUT2D eigenvalue weighted by Gasteiger charge is 2.28. The van der Waals surface area contributed by atoms with E-state index in [-0.39, 0.29) is 12.0 Å². The lowest BCUT2D eigenvalue weighted by Gasteiger charge is -2.35. The first kappa shape index (κ1) is 17.4. The smallest absolute Gasteiger partial charge is 0.410 e. The quantitative estimate of drug-likeness (QED) is 0.798.